The molecule has 1 atom stereocenters. The molecule has 1 aromatic heterocycles. The van der Waals surface area contributed by atoms with Gasteiger partial charge < -0.3 is 15.0 Å². The maximum absolute atomic E-state index is 13.8. The molecule has 7 nitrogen and oxygen atoms in total. The van der Waals surface area contributed by atoms with Gasteiger partial charge in [0.05, 0.1) is 12.8 Å². The van der Waals surface area contributed by atoms with Gasteiger partial charge in [-0.2, -0.15) is 5.10 Å². The Hall–Kier alpha value is -2.90. The summed E-state index contributed by atoms with van der Waals surface area (Å²) in [5.41, 5.74) is 3.49. The number of rotatable bonds is 9. The monoisotopic (exact) mass is 430 g/mol. The zero-order valence-corrected chi connectivity index (χ0v) is 18.7. The fraction of sp³-hybridized carbons (Fsp3) is 0.522. The average molecular weight is 431 g/mol. The highest BCUT2D eigenvalue weighted by Crippen LogP contribution is 2.31. The molecule has 31 heavy (non-hydrogen) atoms. The number of nitrogens with zero attached hydrogens (tertiary/aromatic N) is 2. The van der Waals surface area contributed by atoms with Crippen molar-refractivity contribution >= 4 is 11.8 Å². The Morgan fingerprint density at radius 2 is 2.13 bits per heavy atom. The van der Waals surface area contributed by atoms with Crippen LogP contribution in [0.15, 0.2) is 18.2 Å². The highest BCUT2D eigenvalue weighted by molar-refractivity contribution is 5.80. The largest absolute Gasteiger partial charge is 0.494 e. The summed E-state index contributed by atoms with van der Waals surface area (Å²) < 4.78 is 18.8. The molecule has 0 spiro atoms. The molecule has 1 aliphatic rings. The first-order chi connectivity index (χ1) is 14.7. The van der Waals surface area contributed by atoms with E-state index in [1.54, 1.807) is 24.1 Å². The summed E-state index contributed by atoms with van der Waals surface area (Å²) in [5.74, 6) is -0.218. The van der Waals surface area contributed by atoms with E-state index < -0.39 is 11.4 Å². The number of methoxy groups -OCH3 is 1. The first-order valence-electron chi connectivity index (χ1n) is 10.6. The molecule has 0 saturated carbocycles. The number of halogens is 1. The normalized spacial score (nSPS) is 18.2. The Morgan fingerprint density at radius 3 is 2.74 bits per heavy atom. The van der Waals surface area contributed by atoms with Crippen LogP contribution in [-0.2, 0) is 22.4 Å². The summed E-state index contributed by atoms with van der Waals surface area (Å²) in [4.78, 5) is 26.5. The molecule has 8 heteroatoms. The van der Waals surface area contributed by atoms with Gasteiger partial charge in [-0.25, -0.2) is 4.39 Å². The van der Waals surface area contributed by atoms with Gasteiger partial charge in [-0.3, -0.25) is 14.7 Å². The molecule has 1 aliphatic heterocycles. The van der Waals surface area contributed by atoms with E-state index >= 15 is 0 Å². The van der Waals surface area contributed by atoms with E-state index in [-0.39, 0.29) is 17.6 Å². The summed E-state index contributed by atoms with van der Waals surface area (Å²) in [5, 5.41) is 10.2. The third kappa shape index (κ3) is 5.42. The zero-order valence-electron chi connectivity index (χ0n) is 18.7. The minimum Gasteiger partial charge on any atom is -0.494 e. The van der Waals surface area contributed by atoms with Gasteiger partial charge in [0.25, 0.3) is 0 Å². The predicted octanol–water partition coefficient (Wildman–Crippen LogP) is 2.85. The van der Waals surface area contributed by atoms with Crippen LogP contribution < -0.4 is 10.1 Å². The van der Waals surface area contributed by atoms with Gasteiger partial charge in [-0.1, -0.05) is 6.07 Å². The van der Waals surface area contributed by atoms with Crippen molar-refractivity contribution in [3.8, 4) is 5.75 Å². The maximum Gasteiger partial charge on any atom is 0.222 e. The van der Waals surface area contributed by atoms with Crippen LogP contribution in [0.1, 0.15) is 48.2 Å². The maximum atomic E-state index is 13.8. The number of benzene rings is 1. The summed E-state index contributed by atoms with van der Waals surface area (Å²) in [6.45, 7) is 4.54. The molecule has 0 aliphatic carbocycles. The summed E-state index contributed by atoms with van der Waals surface area (Å²) in [6, 6.07) is 4.73. The number of aromatic nitrogens is 2. The van der Waals surface area contributed by atoms with Crippen LogP contribution in [0.5, 0.6) is 5.75 Å². The molecule has 2 amide bonds. The van der Waals surface area contributed by atoms with Crippen molar-refractivity contribution in [1.82, 2.24) is 20.4 Å². The van der Waals surface area contributed by atoms with Crippen molar-refractivity contribution in [3.63, 3.8) is 0 Å². The van der Waals surface area contributed by atoms with E-state index in [0.717, 1.165) is 28.9 Å². The van der Waals surface area contributed by atoms with E-state index in [4.69, 9.17) is 4.74 Å². The number of hydrogen-bond acceptors (Lipinski definition) is 4. The quantitative estimate of drug-likeness (QED) is 0.640. The van der Waals surface area contributed by atoms with Crippen molar-refractivity contribution in [2.45, 2.75) is 57.9 Å². The molecule has 168 valence electrons. The lowest BCUT2D eigenvalue weighted by molar-refractivity contribution is -0.130. The van der Waals surface area contributed by atoms with E-state index in [1.807, 2.05) is 13.8 Å². The predicted molar refractivity (Wildman–Crippen MR) is 115 cm³/mol. The van der Waals surface area contributed by atoms with Crippen molar-refractivity contribution in [3.05, 3.63) is 46.5 Å². The standard InChI is InChI=1S/C23H31FN4O3/c1-15-18(16(2)27-26-15)9-12-28(3)22(30)8-11-23(10-7-21(29)25-23)14-17-5-6-19(24)20(13-17)31-4/h5-6,13H,7-12,14H2,1-4H3,(H,25,29)(H,26,27). The van der Waals surface area contributed by atoms with Crippen LogP contribution in [0.2, 0.25) is 0 Å². The Labute approximate surface area is 182 Å². The first-order valence-corrected chi connectivity index (χ1v) is 10.6. The van der Waals surface area contributed by atoms with Crippen LogP contribution in [0.25, 0.3) is 0 Å². The molecule has 1 fully saturated rings. The third-order valence-electron chi connectivity index (χ3n) is 6.21. The van der Waals surface area contributed by atoms with E-state index in [9.17, 15) is 14.0 Å². The number of ether oxygens (including phenoxy) is 1. The zero-order chi connectivity index (χ0) is 22.6. The molecule has 2 heterocycles. The van der Waals surface area contributed by atoms with E-state index in [2.05, 4.69) is 15.5 Å². The molecule has 2 aromatic rings. The SMILES string of the molecule is COc1cc(CC2(CCC(=O)N(C)CCc3c(C)n[nH]c3C)CCC(=O)N2)ccc1F. The van der Waals surface area contributed by atoms with Gasteiger partial charge >= 0.3 is 0 Å². The Balaban J connectivity index is 1.61. The lowest BCUT2D eigenvalue weighted by atomic mass is 9.84. The number of hydrogen-bond donors (Lipinski definition) is 2. The van der Waals surface area contributed by atoms with Crippen LogP contribution in [0, 0.1) is 19.7 Å². The molecule has 1 aromatic carbocycles. The fourth-order valence-electron chi connectivity index (χ4n) is 4.27. The lowest BCUT2D eigenvalue weighted by Gasteiger charge is -2.30. The van der Waals surface area contributed by atoms with Gasteiger partial charge in [-0.05, 0) is 62.8 Å². The minimum atomic E-state index is -0.506. The number of aryl methyl sites for hydroxylation is 2. The first kappa shape index (κ1) is 22.8. The summed E-state index contributed by atoms with van der Waals surface area (Å²) >= 11 is 0. The molecule has 0 bridgehead atoms. The van der Waals surface area contributed by atoms with Crippen molar-refractivity contribution in [2.24, 2.45) is 0 Å². The van der Waals surface area contributed by atoms with Gasteiger partial charge in [-0.15, -0.1) is 0 Å². The Bertz CT molecular complexity index is 939. The number of amides is 2. The smallest absolute Gasteiger partial charge is 0.222 e. The second-order valence-corrected chi connectivity index (χ2v) is 8.45. The number of nitrogens with one attached hydrogen (secondary N) is 2. The Morgan fingerprint density at radius 1 is 1.35 bits per heavy atom. The number of carbonyl (C=O) groups is 2. The molecule has 2 N–H and O–H groups in total. The molecule has 1 unspecified atom stereocenters. The minimum absolute atomic E-state index is 0.0132. The molecule has 0 radical (unpaired) electrons. The van der Waals surface area contributed by atoms with Gasteiger partial charge in [0, 0.05) is 37.7 Å². The lowest BCUT2D eigenvalue weighted by Crippen LogP contribution is -2.44. The van der Waals surface area contributed by atoms with Gasteiger partial charge in [0.15, 0.2) is 11.6 Å². The van der Waals surface area contributed by atoms with E-state index in [0.29, 0.717) is 38.6 Å². The van der Waals surface area contributed by atoms with Gasteiger partial charge in [0.1, 0.15) is 0 Å². The Kier molecular flexibility index (Phi) is 6.97. The third-order valence-corrected chi connectivity index (χ3v) is 6.21. The number of likely N-dealkylation sites (N-methyl/N-ethyl adjacent to an activating group) is 1. The second-order valence-electron chi connectivity index (χ2n) is 8.45. The van der Waals surface area contributed by atoms with Crippen LogP contribution in [-0.4, -0.2) is 53.2 Å². The number of H-pyrrole nitrogens is 1. The number of aromatic amines is 1. The van der Waals surface area contributed by atoms with Crippen molar-refractivity contribution in [1.29, 1.82) is 0 Å². The van der Waals surface area contributed by atoms with Crippen LogP contribution in [0.4, 0.5) is 4.39 Å². The molecule has 1 saturated heterocycles. The van der Waals surface area contributed by atoms with Gasteiger partial charge in [0.2, 0.25) is 11.8 Å². The molecule has 3 rings (SSSR count). The van der Waals surface area contributed by atoms with E-state index in [1.165, 1.54) is 13.2 Å². The van der Waals surface area contributed by atoms with Crippen molar-refractivity contribution in [2.75, 3.05) is 20.7 Å². The fourth-order valence-corrected chi connectivity index (χ4v) is 4.27. The summed E-state index contributed by atoms with van der Waals surface area (Å²) in [7, 11) is 3.23. The molecular weight excluding hydrogens is 399 g/mol. The van der Waals surface area contributed by atoms with Crippen molar-refractivity contribution < 1.29 is 18.7 Å². The average Bonchev–Trinajstić information content (AvgIpc) is 3.27. The second kappa shape index (κ2) is 9.49. The topological polar surface area (TPSA) is 87.3 Å². The number of carbonyl (C=O) groups excluding carboxylic acids is 2. The summed E-state index contributed by atoms with van der Waals surface area (Å²) in [6.07, 6.45) is 3.22. The highest BCUT2D eigenvalue weighted by atomic mass is 19.1. The van der Waals surface area contributed by atoms with Crippen LogP contribution >= 0.6 is 0 Å². The highest BCUT2D eigenvalue weighted by Gasteiger charge is 2.38. The molecular formula is C23H31FN4O3. The van der Waals surface area contributed by atoms with Crippen LogP contribution in [0.3, 0.4) is 0 Å².